The van der Waals surface area contributed by atoms with E-state index < -0.39 is 0 Å². The summed E-state index contributed by atoms with van der Waals surface area (Å²) in [5.41, 5.74) is 9.01. The molecule has 7 heteroatoms. The number of aromatic nitrogens is 2. The Morgan fingerprint density at radius 2 is 1.92 bits per heavy atom. The minimum atomic E-state index is -0.310. The first kappa shape index (κ1) is 18.4. The van der Waals surface area contributed by atoms with E-state index in [0.29, 0.717) is 11.9 Å². The van der Waals surface area contributed by atoms with Gasteiger partial charge in [-0.2, -0.15) is 4.98 Å². The second kappa shape index (κ2) is 7.45. The SMILES string of the molecule is Cc1cccc(C)c1NC(=S)c1c(N)nc(N2CCC(C)CC2)[nH]c1=O. The number of benzene rings is 1. The molecule has 2 aromatic rings. The monoisotopic (exact) mass is 371 g/mol. The number of piperidine rings is 1. The number of thiocarbonyl (C=S) groups is 1. The lowest BCUT2D eigenvalue weighted by Crippen LogP contribution is -2.36. The van der Waals surface area contributed by atoms with Gasteiger partial charge >= 0.3 is 0 Å². The molecular weight excluding hydrogens is 346 g/mol. The fraction of sp³-hybridized carbons (Fsp3) is 0.421. The van der Waals surface area contributed by atoms with Crippen molar-refractivity contribution in [2.24, 2.45) is 5.92 Å². The summed E-state index contributed by atoms with van der Waals surface area (Å²) >= 11 is 5.45. The number of nitrogens with one attached hydrogen (secondary N) is 2. The van der Waals surface area contributed by atoms with Gasteiger partial charge in [0.2, 0.25) is 5.95 Å². The normalized spacial score (nSPS) is 15.1. The smallest absolute Gasteiger partial charge is 0.264 e. The molecule has 0 bridgehead atoms. The Morgan fingerprint density at radius 3 is 2.50 bits per heavy atom. The van der Waals surface area contributed by atoms with Crippen molar-refractivity contribution in [1.29, 1.82) is 0 Å². The molecule has 1 saturated heterocycles. The quantitative estimate of drug-likeness (QED) is 0.719. The molecule has 1 aromatic heterocycles. The highest BCUT2D eigenvalue weighted by atomic mass is 32.1. The van der Waals surface area contributed by atoms with Crippen LogP contribution >= 0.6 is 12.2 Å². The predicted octanol–water partition coefficient (Wildman–Crippen LogP) is 2.99. The van der Waals surface area contributed by atoms with Crippen LogP contribution in [0.2, 0.25) is 0 Å². The van der Waals surface area contributed by atoms with Crippen LogP contribution in [0.1, 0.15) is 36.5 Å². The lowest BCUT2D eigenvalue weighted by Gasteiger charge is -2.30. The lowest BCUT2D eigenvalue weighted by molar-refractivity contribution is 0.434. The number of rotatable bonds is 3. The van der Waals surface area contributed by atoms with Crippen LogP contribution in [0.25, 0.3) is 0 Å². The third-order valence-corrected chi connectivity index (χ3v) is 5.27. The maximum Gasteiger partial charge on any atom is 0.264 e. The van der Waals surface area contributed by atoms with Gasteiger partial charge in [-0.3, -0.25) is 9.78 Å². The van der Waals surface area contributed by atoms with Crippen LogP contribution in [-0.2, 0) is 0 Å². The van der Waals surface area contributed by atoms with Crippen LogP contribution in [0.5, 0.6) is 0 Å². The minimum absolute atomic E-state index is 0.158. The van der Waals surface area contributed by atoms with Crippen LogP contribution in [-0.4, -0.2) is 28.0 Å². The van der Waals surface area contributed by atoms with E-state index in [1.807, 2.05) is 32.0 Å². The lowest BCUT2D eigenvalue weighted by atomic mass is 10.00. The van der Waals surface area contributed by atoms with Gasteiger partial charge in [0, 0.05) is 18.8 Å². The maximum atomic E-state index is 12.6. The van der Waals surface area contributed by atoms with Crippen LogP contribution in [0.4, 0.5) is 17.5 Å². The Hall–Kier alpha value is -2.41. The number of aryl methyl sites for hydroxylation is 2. The molecule has 0 saturated carbocycles. The summed E-state index contributed by atoms with van der Waals surface area (Å²) in [7, 11) is 0. The highest BCUT2D eigenvalue weighted by Gasteiger charge is 2.21. The Kier molecular flexibility index (Phi) is 5.27. The molecule has 0 radical (unpaired) electrons. The van der Waals surface area contributed by atoms with E-state index >= 15 is 0 Å². The molecule has 26 heavy (non-hydrogen) atoms. The predicted molar refractivity (Wildman–Crippen MR) is 111 cm³/mol. The van der Waals surface area contributed by atoms with Crippen molar-refractivity contribution in [2.45, 2.75) is 33.6 Å². The molecule has 1 aliphatic heterocycles. The second-order valence-electron chi connectivity index (χ2n) is 7.04. The van der Waals surface area contributed by atoms with E-state index in [1.54, 1.807) is 0 Å². The Balaban J connectivity index is 1.86. The van der Waals surface area contributed by atoms with E-state index in [1.165, 1.54) is 0 Å². The number of nitrogen functional groups attached to an aromatic ring is 1. The first-order valence-electron chi connectivity index (χ1n) is 8.89. The zero-order valence-electron chi connectivity index (χ0n) is 15.4. The largest absolute Gasteiger partial charge is 0.383 e. The second-order valence-corrected chi connectivity index (χ2v) is 7.45. The summed E-state index contributed by atoms with van der Waals surface area (Å²) < 4.78 is 0. The van der Waals surface area contributed by atoms with Crippen molar-refractivity contribution >= 4 is 34.7 Å². The van der Waals surface area contributed by atoms with Gasteiger partial charge in [-0.25, -0.2) is 0 Å². The molecule has 0 unspecified atom stereocenters. The summed E-state index contributed by atoms with van der Waals surface area (Å²) in [6.45, 7) is 7.96. The summed E-state index contributed by atoms with van der Waals surface area (Å²) in [5.74, 6) is 1.38. The molecule has 1 fully saturated rings. The van der Waals surface area contributed by atoms with Gasteiger partial charge < -0.3 is 16.0 Å². The van der Waals surface area contributed by atoms with Gasteiger partial charge in [-0.1, -0.05) is 37.3 Å². The number of hydrogen-bond acceptors (Lipinski definition) is 5. The molecule has 1 aliphatic rings. The molecule has 0 spiro atoms. The van der Waals surface area contributed by atoms with E-state index in [9.17, 15) is 4.79 Å². The molecule has 4 N–H and O–H groups in total. The van der Waals surface area contributed by atoms with Crippen molar-refractivity contribution in [2.75, 3.05) is 29.0 Å². The Bertz CT molecular complexity index is 864. The molecule has 138 valence electrons. The zero-order valence-corrected chi connectivity index (χ0v) is 16.2. The van der Waals surface area contributed by atoms with Crippen molar-refractivity contribution in [3.8, 4) is 0 Å². The number of nitrogens with zero attached hydrogens (tertiary/aromatic N) is 2. The molecule has 2 heterocycles. The van der Waals surface area contributed by atoms with Gasteiger partial charge in [0.15, 0.2) is 0 Å². The molecule has 0 amide bonds. The van der Waals surface area contributed by atoms with Crippen molar-refractivity contribution in [3.63, 3.8) is 0 Å². The highest BCUT2D eigenvalue weighted by Crippen LogP contribution is 2.23. The molecular formula is C19H25N5OS. The van der Waals surface area contributed by atoms with Gasteiger partial charge in [-0.05, 0) is 43.7 Å². The summed E-state index contributed by atoms with van der Waals surface area (Å²) in [6, 6.07) is 5.96. The Morgan fingerprint density at radius 1 is 1.31 bits per heavy atom. The Labute approximate surface area is 158 Å². The topological polar surface area (TPSA) is 87.0 Å². The van der Waals surface area contributed by atoms with Gasteiger partial charge in [-0.15, -0.1) is 0 Å². The van der Waals surface area contributed by atoms with E-state index in [0.717, 1.165) is 42.7 Å². The maximum absolute atomic E-state index is 12.6. The molecule has 1 aromatic carbocycles. The standard InChI is InChI=1S/C19H25N5OS/c1-11-7-9-24(10-8-11)19-22-16(20)14(17(25)23-19)18(26)21-15-12(2)5-4-6-13(15)3/h4-6,11H,7-10H2,1-3H3,(H,21,26)(H3,20,22,23,25). The van der Waals surface area contributed by atoms with Gasteiger partial charge in [0.05, 0.1) is 0 Å². The number of anilines is 3. The average molecular weight is 372 g/mol. The number of para-hydroxylation sites is 1. The number of aromatic amines is 1. The molecule has 0 atom stereocenters. The third kappa shape index (κ3) is 3.72. The van der Waals surface area contributed by atoms with E-state index in [2.05, 4.69) is 27.1 Å². The van der Waals surface area contributed by atoms with E-state index in [4.69, 9.17) is 18.0 Å². The van der Waals surface area contributed by atoms with Gasteiger partial charge in [0.25, 0.3) is 5.56 Å². The third-order valence-electron chi connectivity index (χ3n) is 4.96. The van der Waals surface area contributed by atoms with Crippen molar-refractivity contribution in [1.82, 2.24) is 9.97 Å². The van der Waals surface area contributed by atoms with Crippen molar-refractivity contribution < 1.29 is 0 Å². The summed E-state index contributed by atoms with van der Waals surface area (Å²) in [6.07, 6.45) is 2.16. The van der Waals surface area contributed by atoms with Crippen LogP contribution in [0, 0.1) is 19.8 Å². The fourth-order valence-corrected chi connectivity index (χ4v) is 3.55. The average Bonchev–Trinajstić information content (AvgIpc) is 2.58. The van der Waals surface area contributed by atoms with Crippen LogP contribution < -0.4 is 21.5 Å². The van der Waals surface area contributed by atoms with E-state index in [-0.39, 0.29) is 21.9 Å². The first-order valence-corrected chi connectivity index (χ1v) is 9.30. The minimum Gasteiger partial charge on any atom is -0.383 e. The molecule has 6 nitrogen and oxygen atoms in total. The summed E-state index contributed by atoms with van der Waals surface area (Å²) in [4.78, 5) is 22.3. The van der Waals surface area contributed by atoms with Gasteiger partial charge in [0.1, 0.15) is 16.4 Å². The number of H-pyrrole nitrogens is 1. The number of hydrogen-bond donors (Lipinski definition) is 3. The fourth-order valence-electron chi connectivity index (χ4n) is 3.26. The molecule has 0 aliphatic carbocycles. The van der Waals surface area contributed by atoms with Crippen LogP contribution in [0.15, 0.2) is 23.0 Å². The number of nitrogens with two attached hydrogens (primary N) is 1. The summed E-state index contributed by atoms with van der Waals surface area (Å²) in [5, 5.41) is 3.16. The zero-order chi connectivity index (χ0) is 18.8. The first-order chi connectivity index (χ1) is 12.4. The molecule has 3 rings (SSSR count). The van der Waals surface area contributed by atoms with Crippen LogP contribution in [0.3, 0.4) is 0 Å². The highest BCUT2D eigenvalue weighted by molar-refractivity contribution is 7.81. The van der Waals surface area contributed by atoms with Crippen molar-refractivity contribution in [3.05, 3.63) is 45.2 Å².